The van der Waals surface area contributed by atoms with Gasteiger partial charge in [-0.2, -0.15) is 0 Å². The van der Waals surface area contributed by atoms with Crippen LogP contribution in [-0.4, -0.2) is 5.88 Å². The van der Waals surface area contributed by atoms with Crippen LogP contribution in [0.4, 0.5) is 0 Å². The van der Waals surface area contributed by atoms with E-state index in [-0.39, 0.29) is 0 Å². The largest absolute Gasteiger partial charge is 0.121 e. The van der Waals surface area contributed by atoms with Crippen molar-refractivity contribution in [1.82, 2.24) is 0 Å². The van der Waals surface area contributed by atoms with Gasteiger partial charge in [0.1, 0.15) is 0 Å². The summed E-state index contributed by atoms with van der Waals surface area (Å²) in [5.41, 5.74) is 2.77. The summed E-state index contributed by atoms with van der Waals surface area (Å²) in [6.45, 7) is 0. The molecule has 2 aromatic carbocycles. The fourth-order valence-corrected chi connectivity index (χ4v) is 3.30. The molecular formula is C15H10BrCl3. The lowest BCUT2D eigenvalue weighted by molar-refractivity contribution is 1.53. The van der Waals surface area contributed by atoms with Gasteiger partial charge >= 0.3 is 0 Å². The summed E-state index contributed by atoms with van der Waals surface area (Å²) in [6, 6.07) is 15.3. The number of rotatable bonds is 3. The standard InChI is InChI=1S/C15H10BrCl3/c16-14-8-11(18)6-7-12(14)13(9-17)15(19)10-4-2-1-3-5-10/h1-8H,9H2. The zero-order chi connectivity index (χ0) is 13.8. The van der Waals surface area contributed by atoms with Gasteiger partial charge in [-0.25, -0.2) is 0 Å². The summed E-state index contributed by atoms with van der Waals surface area (Å²) in [6.07, 6.45) is 0. The van der Waals surface area contributed by atoms with Crippen molar-refractivity contribution in [1.29, 1.82) is 0 Å². The molecule has 0 N–H and O–H groups in total. The quantitative estimate of drug-likeness (QED) is 0.427. The Bertz CT molecular complexity index is 606. The van der Waals surface area contributed by atoms with Crippen molar-refractivity contribution in [3.8, 4) is 0 Å². The minimum atomic E-state index is 0.327. The molecule has 0 bridgehead atoms. The number of allylic oxidation sites excluding steroid dienone is 1. The van der Waals surface area contributed by atoms with Gasteiger partial charge in [-0.1, -0.05) is 75.5 Å². The monoisotopic (exact) mass is 374 g/mol. The number of hydrogen-bond donors (Lipinski definition) is 0. The molecule has 2 aromatic rings. The molecule has 0 atom stereocenters. The lowest BCUT2D eigenvalue weighted by Gasteiger charge is -2.11. The average Bonchev–Trinajstić information content (AvgIpc) is 2.42. The minimum absolute atomic E-state index is 0.327. The minimum Gasteiger partial charge on any atom is -0.121 e. The number of hydrogen-bond acceptors (Lipinski definition) is 0. The third-order valence-electron chi connectivity index (χ3n) is 2.68. The Balaban J connectivity index is 2.55. The predicted molar refractivity (Wildman–Crippen MR) is 89.0 cm³/mol. The molecule has 4 heteroatoms. The van der Waals surface area contributed by atoms with E-state index in [0.29, 0.717) is 15.9 Å². The van der Waals surface area contributed by atoms with E-state index >= 15 is 0 Å². The second-order valence-corrected chi connectivity index (χ2v) is 5.85. The Morgan fingerprint density at radius 2 is 1.74 bits per heavy atom. The van der Waals surface area contributed by atoms with Gasteiger partial charge < -0.3 is 0 Å². The zero-order valence-corrected chi connectivity index (χ0v) is 13.7. The maximum absolute atomic E-state index is 6.46. The smallest absolute Gasteiger partial charge is 0.0528 e. The molecule has 0 fully saturated rings. The van der Waals surface area contributed by atoms with Gasteiger partial charge in [0.2, 0.25) is 0 Å². The van der Waals surface area contributed by atoms with Gasteiger partial charge in [-0.15, -0.1) is 11.6 Å². The van der Waals surface area contributed by atoms with Crippen LogP contribution < -0.4 is 0 Å². The van der Waals surface area contributed by atoms with E-state index in [0.717, 1.165) is 21.2 Å². The normalized spacial score (nSPS) is 12.2. The van der Waals surface area contributed by atoms with Crippen LogP contribution in [0, 0.1) is 0 Å². The van der Waals surface area contributed by atoms with Crippen molar-refractivity contribution in [3.05, 3.63) is 69.2 Å². The Kier molecular flexibility index (Phi) is 5.35. The molecule has 19 heavy (non-hydrogen) atoms. The zero-order valence-electron chi connectivity index (χ0n) is 9.84. The number of benzene rings is 2. The topological polar surface area (TPSA) is 0 Å². The summed E-state index contributed by atoms with van der Waals surface area (Å²) < 4.78 is 0.879. The Morgan fingerprint density at radius 1 is 1.05 bits per heavy atom. The second kappa shape index (κ2) is 6.81. The number of halogens is 4. The SMILES string of the molecule is ClCC(=C(Cl)c1ccccc1)c1ccc(Cl)cc1Br. The third-order valence-corrected chi connectivity index (χ3v) is 4.29. The van der Waals surface area contributed by atoms with Crippen molar-refractivity contribution >= 4 is 61.3 Å². The molecule has 0 aliphatic carbocycles. The molecule has 98 valence electrons. The van der Waals surface area contributed by atoms with Crippen LogP contribution in [0.2, 0.25) is 5.02 Å². The lowest BCUT2D eigenvalue weighted by atomic mass is 10.0. The first-order valence-corrected chi connectivity index (χ1v) is 7.67. The maximum Gasteiger partial charge on any atom is 0.0528 e. The third kappa shape index (κ3) is 3.55. The van der Waals surface area contributed by atoms with E-state index in [1.54, 1.807) is 0 Å². The highest BCUT2D eigenvalue weighted by Crippen LogP contribution is 2.35. The summed E-state index contributed by atoms with van der Waals surface area (Å²) in [5, 5.41) is 1.32. The number of alkyl halides is 1. The maximum atomic E-state index is 6.46. The van der Waals surface area contributed by atoms with Crippen molar-refractivity contribution in [3.63, 3.8) is 0 Å². The summed E-state index contributed by atoms with van der Waals surface area (Å²) >= 11 is 22.0. The van der Waals surface area contributed by atoms with E-state index in [4.69, 9.17) is 34.8 Å². The summed E-state index contributed by atoms with van der Waals surface area (Å²) in [4.78, 5) is 0. The molecule has 0 aliphatic rings. The van der Waals surface area contributed by atoms with E-state index in [9.17, 15) is 0 Å². The first kappa shape index (κ1) is 14.9. The molecule has 0 saturated heterocycles. The van der Waals surface area contributed by atoms with Crippen LogP contribution in [0.3, 0.4) is 0 Å². The van der Waals surface area contributed by atoms with Crippen molar-refractivity contribution in [2.75, 3.05) is 5.88 Å². The van der Waals surface area contributed by atoms with Gasteiger partial charge in [0.15, 0.2) is 0 Å². The van der Waals surface area contributed by atoms with Crippen LogP contribution in [0.15, 0.2) is 53.0 Å². The van der Waals surface area contributed by atoms with Crippen molar-refractivity contribution in [2.24, 2.45) is 0 Å². The highest BCUT2D eigenvalue weighted by Gasteiger charge is 2.12. The van der Waals surface area contributed by atoms with Crippen molar-refractivity contribution < 1.29 is 0 Å². The molecular weight excluding hydrogens is 366 g/mol. The van der Waals surface area contributed by atoms with E-state index in [2.05, 4.69) is 15.9 Å². The molecule has 0 spiro atoms. The highest BCUT2D eigenvalue weighted by molar-refractivity contribution is 9.10. The molecule has 0 radical (unpaired) electrons. The fourth-order valence-electron chi connectivity index (χ4n) is 1.74. The second-order valence-electron chi connectivity index (χ2n) is 3.92. The van der Waals surface area contributed by atoms with Crippen LogP contribution in [0.1, 0.15) is 11.1 Å². The average molecular weight is 377 g/mol. The fraction of sp³-hybridized carbons (Fsp3) is 0.0667. The molecule has 0 amide bonds. The highest BCUT2D eigenvalue weighted by atomic mass is 79.9. The van der Waals surface area contributed by atoms with Crippen LogP contribution in [-0.2, 0) is 0 Å². The van der Waals surface area contributed by atoms with E-state index in [1.807, 2.05) is 48.5 Å². The molecule has 0 heterocycles. The van der Waals surface area contributed by atoms with Gasteiger partial charge in [-0.05, 0) is 28.8 Å². The van der Waals surface area contributed by atoms with Gasteiger partial charge in [0, 0.05) is 15.4 Å². The molecule has 0 saturated carbocycles. The Labute approximate surface area is 136 Å². The van der Waals surface area contributed by atoms with E-state index < -0.39 is 0 Å². The van der Waals surface area contributed by atoms with Gasteiger partial charge in [0.05, 0.1) is 5.03 Å². The van der Waals surface area contributed by atoms with Gasteiger partial charge in [0.25, 0.3) is 0 Å². The molecule has 0 aliphatic heterocycles. The van der Waals surface area contributed by atoms with Crippen molar-refractivity contribution in [2.45, 2.75) is 0 Å². The van der Waals surface area contributed by atoms with Crippen LogP contribution in [0.5, 0.6) is 0 Å². The molecule has 0 nitrogen and oxygen atoms in total. The van der Waals surface area contributed by atoms with Crippen LogP contribution in [0.25, 0.3) is 10.6 Å². The molecule has 0 aromatic heterocycles. The Morgan fingerprint density at radius 3 is 2.32 bits per heavy atom. The lowest BCUT2D eigenvalue weighted by Crippen LogP contribution is -1.91. The first-order chi connectivity index (χ1) is 9.13. The predicted octanol–water partition coefficient (Wildman–Crippen LogP) is 6.45. The van der Waals surface area contributed by atoms with Crippen LogP contribution >= 0.6 is 50.7 Å². The molecule has 0 unspecified atom stereocenters. The molecule has 2 rings (SSSR count). The Hall–Kier alpha value is -0.470. The first-order valence-electron chi connectivity index (χ1n) is 5.59. The summed E-state index contributed by atoms with van der Waals surface area (Å²) in [5.74, 6) is 0.327. The summed E-state index contributed by atoms with van der Waals surface area (Å²) in [7, 11) is 0. The van der Waals surface area contributed by atoms with Gasteiger partial charge in [-0.3, -0.25) is 0 Å². The van der Waals surface area contributed by atoms with E-state index in [1.165, 1.54) is 0 Å².